The van der Waals surface area contributed by atoms with Crippen molar-refractivity contribution in [2.24, 2.45) is 16.3 Å². The molecule has 0 spiro atoms. The van der Waals surface area contributed by atoms with Crippen molar-refractivity contribution < 1.29 is 9.47 Å². The lowest BCUT2D eigenvalue weighted by Crippen LogP contribution is -2.68. The summed E-state index contributed by atoms with van der Waals surface area (Å²) in [5.74, 6) is 1.60. The van der Waals surface area contributed by atoms with Gasteiger partial charge in [-0.25, -0.2) is 0 Å². The van der Waals surface area contributed by atoms with Gasteiger partial charge in [-0.05, 0) is 31.4 Å². The largest absolute Gasteiger partial charge is 0.377 e. The second-order valence-electron chi connectivity index (χ2n) is 8.90. The molecule has 2 saturated heterocycles. The molecule has 27 heavy (non-hydrogen) atoms. The van der Waals surface area contributed by atoms with E-state index in [1.165, 1.54) is 16.7 Å². The Hall–Kier alpha value is -1.59. The van der Waals surface area contributed by atoms with Gasteiger partial charge in [-0.3, -0.25) is 4.99 Å². The van der Waals surface area contributed by atoms with Crippen LogP contribution in [0.15, 0.2) is 23.2 Å². The molecule has 2 heterocycles. The number of hydrogen-bond acceptors (Lipinski definition) is 3. The molecule has 1 N–H and O–H groups in total. The average molecular weight is 372 g/mol. The molecule has 0 aromatic heterocycles. The lowest BCUT2D eigenvalue weighted by molar-refractivity contribution is -0.108. The monoisotopic (exact) mass is 371 g/mol. The van der Waals surface area contributed by atoms with Crippen LogP contribution in [0.3, 0.4) is 0 Å². The van der Waals surface area contributed by atoms with Crippen LogP contribution in [0.2, 0.25) is 0 Å². The Morgan fingerprint density at radius 1 is 1.22 bits per heavy atom. The standard InChI is InChI=1S/C22H33N3O2/c1-14-6-7-16(15(2)12-14)18-13-25(9-11-26-18)21(23-5)24-19-17-8-10-27-20(17)22(19,3)4/h6-7,12,17-20H,8-11,13H2,1-5H3,(H,23,24). The molecule has 1 saturated carbocycles. The minimum Gasteiger partial charge on any atom is -0.377 e. The third kappa shape index (κ3) is 3.25. The van der Waals surface area contributed by atoms with E-state index in [0.29, 0.717) is 18.1 Å². The van der Waals surface area contributed by atoms with E-state index in [1.807, 2.05) is 7.05 Å². The minimum absolute atomic E-state index is 0.0925. The van der Waals surface area contributed by atoms with E-state index in [9.17, 15) is 0 Å². The number of hydrogen-bond donors (Lipinski definition) is 1. The summed E-state index contributed by atoms with van der Waals surface area (Å²) in [7, 11) is 1.89. The smallest absolute Gasteiger partial charge is 0.194 e. The Labute approximate surface area is 163 Å². The number of fused-ring (bicyclic) bond motifs is 1. The van der Waals surface area contributed by atoms with Gasteiger partial charge in [0.15, 0.2) is 5.96 Å². The third-order valence-electron chi connectivity index (χ3n) is 6.74. The van der Waals surface area contributed by atoms with Gasteiger partial charge in [0.2, 0.25) is 0 Å². The summed E-state index contributed by atoms with van der Waals surface area (Å²) in [5, 5.41) is 3.77. The molecule has 3 fully saturated rings. The fourth-order valence-corrected chi connectivity index (χ4v) is 5.27. The van der Waals surface area contributed by atoms with Gasteiger partial charge >= 0.3 is 0 Å². The van der Waals surface area contributed by atoms with Crippen molar-refractivity contribution in [3.8, 4) is 0 Å². The Kier molecular flexibility index (Phi) is 4.93. The second-order valence-corrected chi connectivity index (χ2v) is 8.90. The number of nitrogens with zero attached hydrogens (tertiary/aromatic N) is 2. The Bertz CT molecular complexity index is 730. The highest BCUT2D eigenvalue weighted by atomic mass is 16.5. The summed E-state index contributed by atoms with van der Waals surface area (Å²) in [5.41, 5.74) is 4.03. The highest BCUT2D eigenvalue weighted by Gasteiger charge is 2.59. The summed E-state index contributed by atoms with van der Waals surface area (Å²) >= 11 is 0. The first-order valence-corrected chi connectivity index (χ1v) is 10.2. The van der Waals surface area contributed by atoms with Gasteiger partial charge in [-0.2, -0.15) is 0 Å². The van der Waals surface area contributed by atoms with Gasteiger partial charge in [0.25, 0.3) is 0 Å². The Morgan fingerprint density at radius 3 is 2.78 bits per heavy atom. The number of ether oxygens (including phenoxy) is 2. The highest BCUT2D eigenvalue weighted by molar-refractivity contribution is 5.80. The molecule has 0 bridgehead atoms. The fraction of sp³-hybridized carbons (Fsp3) is 0.682. The molecule has 148 valence electrons. The number of morpholine rings is 1. The first-order chi connectivity index (χ1) is 12.9. The SMILES string of the molecule is CN=C(NC1C2CCOC2C1(C)C)N1CCOC(c2ccc(C)cc2C)C1. The van der Waals surface area contributed by atoms with Gasteiger partial charge in [0.05, 0.1) is 19.3 Å². The van der Waals surface area contributed by atoms with Crippen LogP contribution in [0.25, 0.3) is 0 Å². The van der Waals surface area contributed by atoms with E-state index in [1.54, 1.807) is 0 Å². The lowest BCUT2D eigenvalue weighted by atomic mass is 9.57. The van der Waals surface area contributed by atoms with E-state index < -0.39 is 0 Å². The van der Waals surface area contributed by atoms with Crippen LogP contribution < -0.4 is 5.32 Å². The van der Waals surface area contributed by atoms with Gasteiger partial charge in [-0.1, -0.05) is 37.6 Å². The van der Waals surface area contributed by atoms with Crippen molar-refractivity contribution in [1.29, 1.82) is 0 Å². The Balaban J connectivity index is 1.47. The minimum atomic E-state index is 0.0925. The molecule has 4 atom stereocenters. The highest BCUT2D eigenvalue weighted by Crippen LogP contribution is 2.52. The number of nitrogens with one attached hydrogen (secondary N) is 1. The van der Waals surface area contributed by atoms with Crippen LogP contribution in [0.5, 0.6) is 0 Å². The maximum atomic E-state index is 6.12. The van der Waals surface area contributed by atoms with Crippen molar-refractivity contribution >= 4 is 5.96 Å². The van der Waals surface area contributed by atoms with Crippen LogP contribution in [-0.4, -0.2) is 56.4 Å². The predicted molar refractivity (Wildman–Crippen MR) is 108 cm³/mol. The van der Waals surface area contributed by atoms with Crippen LogP contribution >= 0.6 is 0 Å². The average Bonchev–Trinajstić information content (AvgIpc) is 3.09. The summed E-state index contributed by atoms with van der Waals surface area (Å²) < 4.78 is 12.1. The molecule has 3 aliphatic rings. The van der Waals surface area contributed by atoms with Gasteiger partial charge in [-0.15, -0.1) is 0 Å². The van der Waals surface area contributed by atoms with Crippen molar-refractivity contribution in [2.45, 2.75) is 52.4 Å². The number of guanidine groups is 1. The molecule has 0 radical (unpaired) electrons. The van der Waals surface area contributed by atoms with Crippen molar-refractivity contribution in [2.75, 3.05) is 33.4 Å². The maximum Gasteiger partial charge on any atom is 0.194 e. The summed E-state index contributed by atoms with van der Waals surface area (Å²) in [6.45, 7) is 12.3. The zero-order valence-corrected chi connectivity index (χ0v) is 17.3. The zero-order valence-electron chi connectivity index (χ0n) is 17.3. The van der Waals surface area contributed by atoms with E-state index >= 15 is 0 Å². The zero-order chi connectivity index (χ0) is 19.2. The summed E-state index contributed by atoms with van der Waals surface area (Å²) in [6, 6.07) is 7.05. The predicted octanol–water partition coefficient (Wildman–Crippen LogP) is 3.07. The number of aliphatic imine (C=N–C) groups is 1. The number of aryl methyl sites for hydroxylation is 2. The molecule has 1 aromatic rings. The first-order valence-electron chi connectivity index (χ1n) is 10.2. The van der Waals surface area contributed by atoms with Crippen LogP contribution in [0, 0.1) is 25.2 Å². The van der Waals surface area contributed by atoms with E-state index in [-0.39, 0.29) is 11.5 Å². The molecule has 4 rings (SSSR count). The topological polar surface area (TPSA) is 46.1 Å². The van der Waals surface area contributed by atoms with Gasteiger partial charge in [0, 0.05) is 37.6 Å². The van der Waals surface area contributed by atoms with E-state index in [0.717, 1.165) is 38.7 Å². The van der Waals surface area contributed by atoms with E-state index in [2.05, 4.69) is 61.1 Å². The fourth-order valence-electron chi connectivity index (χ4n) is 5.27. The number of rotatable bonds is 2. The molecule has 1 aliphatic carbocycles. The lowest BCUT2D eigenvalue weighted by Gasteiger charge is -2.55. The van der Waals surface area contributed by atoms with E-state index in [4.69, 9.17) is 9.47 Å². The van der Waals surface area contributed by atoms with Crippen molar-refractivity contribution in [1.82, 2.24) is 10.2 Å². The molecule has 0 amide bonds. The molecule has 1 aromatic carbocycles. The summed E-state index contributed by atoms with van der Waals surface area (Å²) in [4.78, 5) is 6.97. The molecule has 5 nitrogen and oxygen atoms in total. The molecular weight excluding hydrogens is 338 g/mol. The first kappa shape index (κ1) is 18.8. The van der Waals surface area contributed by atoms with Crippen molar-refractivity contribution in [3.63, 3.8) is 0 Å². The maximum absolute atomic E-state index is 6.12. The van der Waals surface area contributed by atoms with Crippen LogP contribution in [0.4, 0.5) is 0 Å². The molecule has 2 aliphatic heterocycles. The molecular formula is C22H33N3O2. The summed E-state index contributed by atoms with van der Waals surface area (Å²) in [6.07, 6.45) is 1.63. The second kappa shape index (κ2) is 7.10. The molecule has 4 unspecified atom stereocenters. The van der Waals surface area contributed by atoms with Crippen LogP contribution in [-0.2, 0) is 9.47 Å². The quantitative estimate of drug-likeness (QED) is 0.641. The number of benzene rings is 1. The van der Waals surface area contributed by atoms with Gasteiger partial charge < -0.3 is 19.7 Å². The normalized spacial score (nSPS) is 32.8. The Morgan fingerprint density at radius 2 is 2.04 bits per heavy atom. The molecule has 5 heteroatoms. The van der Waals surface area contributed by atoms with Gasteiger partial charge in [0.1, 0.15) is 6.10 Å². The van der Waals surface area contributed by atoms with Crippen LogP contribution in [0.1, 0.15) is 43.1 Å². The third-order valence-corrected chi connectivity index (χ3v) is 6.74. The van der Waals surface area contributed by atoms with Crippen molar-refractivity contribution in [3.05, 3.63) is 34.9 Å².